The Balaban J connectivity index is 0.000000130. The summed E-state index contributed by atoms with van der Waals surface area (Å²) in [6.07, 6.45) is 0. The van der Waals surface area contributed by atoms with Crippen molar-refractivity contribution in [3.63, 3.8) is 0 Å². The highest BCUT2D eigenvalue weighted by molar-refractivity contribution is 6.30. The molecule has 121 heavy (non-hydrogen) atoms. The van der Waals surface area contributed by atoms with Gasteiger partial charge in [0.1, 0.15) is 0 Å². The molecule has 20 aromatic carbocycles. The third-order valence-corrected chi connectivity index (χ3v) is 23.5. The van der Waals surface area contributed by atoms with Gasteiger partial charge in [-0.25, -0.2) is 0 Å². The SMILES string of the molecule is Clc1ccc(-c2ccc(-c3cccc4ccccc34)cc2)cc1.c1ccc(-c2ccc(-c3ccc(N(c4ccc(-c5ccc(-c6cccc7ccccc67)cc5)cc4)c4ccc(-n5c6ccccc6c6ccccc65)cc4)cc3)cc2)cc1.c1ccc(-c2ccc(-c3ccc(Nc4ccc(-n5c6ccccc6c6ccccc65)cc4)cc3)cc2)cc1. The Morgan fingerprint density at radius 2 is 0.397 bits per heavy atom. The third-order valence-electron chi connectivity index (χ3n) is 23.2. The second kappa shape index (κ2) is 33.6. The number of hydrogen-bond donors (Lipinski definition) is 1. The molecule has 0 aliphatic heterocycles. The summed E-state index contributed by atoms with van der Waals surface area (Å²) in [5.41, 5.74) is 32.0. The zero-order chi connectivity index (χ0) is 80.8. The molecule has 0 bridgehead atoms. The minimum atomic E-state index is 0.765. The number of benzene rings is 20. The molecule has 0 unspecified atom stereocenters. The normalized spacial score (nSPS) is 11.2. The van der Waals surface area contributed by atoms with E-state index in [1.807, 2.05) is 18.2 Å². The van der Waals surface area contributed by atoms with Crippen molar-refractivity contribution in [2.24, 2.45) is 0 Å². The van der Waals surface area contributed by atoms with Crippen LogP contribution in [0.5, 0.6) is 0 Å². The number of halogens is 1. The van der Waals surface area contributed by atoms with Gasteiger partial charge in [-0.3, -0.25) is 0 Å². The first-order valence-corrected chi connectivity index (χ1v) is 41.6. The molecule has 2 heterocycles. The molecular formula is C116H81ClN4. The average Bonchev–Trinajstić information content (AvgIpc) is 1.60. The molecule has 4 nitrogen and oxygen atoms in total. The Hall–Kier alpha value is -15.6. The summed E-state index contributed by atoms with van der Waals surface area (Å²) >= 11 is 5.96. The van der Waals surface area contributed by atoms with Crippen LogP contribution >= 0.6 is 11.6 Å². The van der Waals surface area contributed by atoms with Crippen LogP contribution in [0.25, 0.3) is 166 Å². The molecule has 572 valence electrons. The maximum absolute atomic E-state index is 5.96. The Morgan fingerprint density at radius 3 is 0.727 bits per heavy atom. The lowest BCUT2D eigenvalue weighted by Crippen LogP contribution is -2.10. The van der Waals surface area contributed by atoms with Crippen LogP contribution in [0.2, 0.25) is 5.02 Å². The fourth-order valence-corrected chi connectivity index (χ4v) is 17.2. The van der Waals surface area contributed by atoms with Crippen LogP contribution in [0.3, 0.4) is 0 Å². The van der Waals surface area contributed by atoms with E-state index < -0.39 is 0 Å². The van der Waals surface area contributed by atoms with E-state index in [9.17, 15) is 0 Å². The van der Waals surface area contributed by atoms with Crippen LogP contribution in [-0.4, -0.2) is 9.13 Å². The monoisotopic (exact) mass is 1560 g/mol. The van der Waals surface area contributed by atoms with E-state index >= 15 is 0 Å². The number of aromatic nitrogens is 2. The molecule has 22 rings (SSSR count). The minimum absolute atomic E-state index is 0.765. The Morgan fingerprint density at radius 1 is 0.174 bits per heavy atom. The molecule has 0 saturated heterocycles. The highest BCUT2D eigenvalue weighted by Crippen LogP contribution is 2.42. The smallest absolute Gasteiger partial charge is 0.0541 e. The van der Waals surface area contributed by atoms with Crippen LogP contribution in [0, 0.1) is 0 Å². The first kappa shape index (κ1) is 74.2. The van der Waals surface area contributed by atoms with Gasteiger partial charge in [0, 0.05) is 66.4 Å². The summed E-state index contributed by atoms with van der Waals surface area (Å²) in [6, 6.07) is 173. The molecule has 0 saturated carbocycles. The number of hydrogen-bond acceptors (Lipinski definition) is 2. The van der Waals surface area contributed by atoms with Gasteiger partial charge < -0.3 is 19.4 Å². The molecule has 0 amide bonds. The van der Waals surface area contributed by atoms with E-state index in [1.54, 1.807) is 0 Å². The molecule has 0 spiro atoms. The lowest BCUT2D eigenvalue weighted by Gasteiger charge is -2.26. The van der Waals surface area contributed by atoms with Crippen LogP contribution < -0.4 is 10.2 Å². The molecular weight excluding hydrogens is 1480 g/mol. The number of anilines is 5. The van der Waals surface area contributed by atoms with Crippen molar-refractivity contribution in [1.82, 2.24) is 9.13 Å². The summed E-state index contributed by atoms with van der Waals surface area (Å²) in [5.74, 6) is 0. The van der Waals surface area contributed by atoms with Crippen molar-refractivity contribution in [3.8, 4) is 100 Å². The zero-order valence-electron chi connectivity index (χ0n) is 66.4. The van der Waals surface area contributed by atoms with Gasteiger partial charge in [0.15, 0.2) is 0 Å². The number of nitrogens with one attached hydrogen (secondary N) is 1. The van der Waals surface area contributed by atoms with Crippen LogP contribution in [0.15, 0.2) is 485 Å². The van der Waals surface area contributed by atoms with E-state index in [0.717, 1.165) is 44.8 Å². The Labute approximate surface area is 710 Å². The van der Waals surface area contributed by atoms with Crippen LogP contribution in [-0.2, 0) is 0 Å². The molecule has 0 fully saturated rings. The van der Waals surface area contributed by atoms with Crippen molar-refractivity contribution >= 4 is 105 Å². The minimum Gasteiger partial charge on any atom is -0.356 e. The summed E-state index contributed by atoms with van der Waals surface area (Å²) < 4.78 is 4.71. The predicted octanol–water partition coefficient (Wildman–Crippen LogP) is 32.8. The summed E-state index contributed by atoms with van der Waals surface area (Å²) in [6.45, 7) is 0. The fourth-order valence-electron chi connectivity index (χ4n) is 17.1. The van der Waals surface area contributed by atoms with Gasteiger partial charge in [-0.05, 0) is 232 Å². The fraction of sp³-hybridized carbons (Fsp3) is 0. The van der Waals surface area contributed by atoms with Gasteiger partial charge in [-0.15, -0.1) is 0 Å². The van der Waals surface area contributed by atoms with E-state index in [2.05, 4.69) is 486 Å². The van der Waals surface area contributed by atoms with Crippen molar-refractivity contribution in [3.05, 3.63) is 490 Å². The predicted molar refractivity (Wildman–Crippen MR) is 516 cm³/mol. The molecule has 0 aliphatic rings. The highest BCUT2D eigenvalue weighted by atomic mass is 35.5. The first-order chi connectivity index (χ1) is 59.9. The molecule has 22 aromatic rings. The van der Waals surface area contributed by atoms with Crippen molar-refractivity contribution in [1.29, 1.82) is 0 Å². The Bertz CT molecular complexity index is 7250. The second-order valence-electron chi connectivity index (χ2n) is 30.5. The van der Waals surface area contributed by atoms with E-state index in [1.165, 1.54) is 154 Å². The zero-order valence-corrected chi connectivity index (χ0v) is 67.2. The highest BCUT2D eigenvalue weighted by Gasteiger charge is 2.19. The molecule has 1 N–H and O–H groups in total. The average molecular weight is 1570 g/mol. The van der Waals surface area contributed by atoms with Crippen molar-refractivity contribution in [2.45, 2.75) is 0 Å². The number of fused-ring (bicyclic) bond motifs is 8. The summed E-state index contributed by atoms with van der Waals surface area (Å²) in [4.78, 5) is 2.35. The molecule has 5 heteroatoms. The van der Waals surface area contributed by atoms with Crippen molar-refractivity contribution < 1.29 is 0 Å². The summed E-state index contributed by atoms with van der Waals surface area (Å²) in [5, 5.41) is 14.5. The van der Waals surface area contributed by atoms with Gasteiger partial charge in [-0.2, -0.15) is 0 Å². The molecule has 0 aliphatic carbocycles. The van der Waals surface area contributed by atoms with Crippen molar-refractivity contribution in [2.75, 3.05) is 10.2 Å². The van der Waals surface area contributed by atoms with Gasteiger partial charge in [-0.1, -0.05) is 376 Å². The van der Waals surface area contributed by atoms with Crippen LogP contribution in [0.1, 0.15) is 0 Å². The number of nitrogens with zero attached hydrogens (tertiary/aromatic N) is 3. The lowest BCUT2D eigenvalue weighted by atomic mass is 9.96. The van der Waals surface area contributed by atoms with Gasteiger partial charge >= 0.3 is 0 Å². The number of para-hydroxylation sites is 4. The standard InChI is InChI=1S/C58H40N2.C36H26N2.C22H15Cl/c1-2-11-41(12-3-1)42-21-23-43(24-22-42)45-29-33-49(34-30-45)59(51-37-39-52(40-38-51)60-57-19-8-6-16-55(57)56-17-7-9-20-58(56)60)50-35-31-46(32-36-50)44-25-27-48(28-26-44)54-18-10-14-47-13-4-5-15-53(47)54;1-2-8-26(9-3-1)27-14-16-28(17-15-27)29-18-20-30(21-19-29)37-31-22-24-32(25-23-31)38-35-12-6-4-10-33(35)34-11-5-7-13-36(34)38;23-20-14-12-17(13-15-20)16-8-10-19(11-9-16)22-7-3-5-18-4-1-2-6-21(18)22/h1-40H;1-25,37H;1-15H. The van der Waals surface area contributed by atoms with E-state index in [4.69, 9.17) is 11.6 Å². The van der Waals surface area contributed by atoms with E-state index in [0.29, 0.717) is 0 Å². The maximum atomic E-state index is 5.96. The lowest BCUT2D eigenvalue weighted by molar-refractivity contribution is 1.17. The third kappa shape index (κ3) is 15.4. The van der Waals surface area contributed by atoms with Gasteiger partial charge in [0.2, 0.25) is 0 Å². The Kier molecular flexibility index (Phi) is 20.6. The quantitative estimate of drug-likeness (QED) is 0.111. The molecule has 2 aromatic heterocycles. The topological polar surface area (TPSA) is 25.1 Å². The maximum Gasteiger partial charge on any atom is 0.0541 e. The first-order valence-electron chi connectivity index (χ1n) is 41.2. The van der Waals surface area contributed by atoms with Crippen LogP contribution in [0.4, 0.5) is 28.4 Å². The van der Waals surface area contributed by atoms with Gasteiger partial charge in [0.25, 0.3) is 0 Å². The second-order valence-corrected chi connectivity index (χ2v) is 31.0. The molecule has 0 atom stereocenters. The van der Waals surface area contributed by atoms with E-state index in [-0.39, 0.29) is 0 Å². The number of rotatable bonds is 15. The summed E-state index contributed by atoms with van der Waals surface area (Å²) in [7, 11) is 0. The largest absolute Gasteiger partial charge is 0.356 e. The van der Waals surface area contributed by atoms with Gasteiger partial charge in [0.05, 0.1) is 22.1 Å². The molecule has 0 radical (unpaired) electrons.